The van der Waals surface area contributed by atoms with E-state index in [9.17, 15) is 9.59 Å². The first-order valence-electron chi connectivity index (χ1n) is 8.28. The fraction of sp³-hybridized carbons (Fsp3) is 0.300. The van der Waals surface area contributed by atoms with E-state index < -0.39 is 6.10 Å². The van der Waals surface area contributed by atoms with Gasteiger partial charge in [-0.25, -0.2) is 0 Å². The molecule has 130 valence electrons. The van der Waals surface area contributed by atoms with Crippen molar-refractivity contribution in [3.05, 3.63) is 59.2 Å². The Balaban J connectivity index is 1.70. The van der Waals surface area contributed by atoms with Crippen LogP contribution in [-0.2, 0) is 17.8 Å². The van der Waals surface area contributed by atoms with Crippen LogP contribution in [0.3, 0.4) is 0 Å². The van der Waals surface area contributed by atoms with Gasteiger partial charge in [-0.2, -0.15) is 0 Å². The summed E-state index contributed by atoms with van der Waals surface area (Å²) in [6.45, 7) is 3.02. The fourth-order valence-electron chi connectivity index (χ4n) is 3.04. The second kappa shape index (κ2) is 7.38. The van der Waals surface area contributed by atoms with Crippen molar-refractivity contribution >= 4 is 12.2 Å². The third-order valence-electron chi connectivity index (χ3n) is 4.42. The molecule has 3 rings (SSSR count). The number of nitrogens with zero attached hydrogens (tertiary/aromatic N) is 1. The third-order valence-corrected chi connectivity index (χ3v) is 4.42. The molecule has 1 aliphatic heterocycles. The molecule has 0 aliphatic carbocycles. The first-order valence-corrected chi connectivity index (χ1v) is 8.28. The van der Waals surface area contributed by atoms with Crippen LogP contribution in [-0.4, -0.2) is 36.9 Å². The Morgan fingerprint density at radius 1 is 1.16 bits per heavy atom. The van der Waals surface area contributed by atoms with Crippen molar-refractivity contribution in [3.63, 3.8) is 0 Å². The molecular formula is C20H21NO4. The minimum atomic E-state index is -0.638. The zero-order chi connectivity index (χ0) is 17.8. The van der Waals surface area contributed by atoms with Crippen molar-refractivity contribution < 1.29 is 19.1 Å². The Morgan fingerprint density at radius 3 is 2.64 bits per heavy atom. The Bertz CT molecular complexity index is 787. The maximum Gasteiger partial charge on any atom is 0.263 e. The number of rotatable bonds is 5. The van der Waals surface area contributed by atoms with E-state index in [0.29, 0.717) is 30.2 Å². The Labute approximate surface area is 147 Å². The van der Waals surface area contributed by atoms with Crippen LogP contribution in [0.4, 0.5) is 0 Å². The molecule has 0 bridgehead atoms. The second-order valence-electron chi connectivity index (χ2n) is 6.07. The number of carbonyl (C=O) groups is 2. The lowest BCUT2D eigenvalue weighted by Gasteiger charge is -2.31. The van der Waals surface area contributed by atoms with E-state index in [1.54, 1.807) is 25.1 Å². The summed E-state index contributed by atoms with van der Waals surface area (Å²) in [5.41, 5.74) is 2.98. The van der Waals surface area contributed by atoms with Crippen LogP contribution in [0.15, 0.2) is 42.5 Å². The highest BCUT2D eigenvalue weighted by Gasteiger charge is 2.26. The molecule has 2 aromatic carbocycles. The monoisotopic (exact) mass is 339 g/mol. The van der Waals surface area contributed by atoms with E-state index in [1.165, 1.54) is 18.2 Å². The summed E-state index contributed by atoms with van der Waals surface area (Å²) in [5, 5.41) is 0. The second-order valence-corrected chi connectivity index (χ2v) is 6.07. The van der Waals surface area contributed by atoms with Gasteiger partial charge in [0.1, 0.15) is 6.29 Å². The van der Waals surface area contributed by atoms with Gasteiger partial charge in [0.2, 0.25) is 0 Å². The van der Waals surface area contributed by atoms with E-state index >= 15 is 0 Å². The number of hydrogen-bond donors (Lipinski definition) is 0. The largest absolute Gasteiger partial charge is 0.493 e. The Hall–Kier alpha value is -2.82. The van der Waals surface area contributed by atoms with Crippen LogP contribution < -0.4 is 9.47 Å². The highest BCUT2D eigenvalue weighted by molar-refractivity contribution is 5.81. The molecule has 0 radical (unpaired) electrons. The van der Waals surface area contributed by atoms with Crippen LogP contribution in [0.5, 0.6) is 11.5 Å². The fourth-order valence-corrected chi connectivity index (χ4v) is 3.04. The van der Waals surface area contributed by atoms with Gasteiger partial charge in [0.25, 0.3) is 5.91 Å². The quantitative estimate of drug-likeness (QED) is 0.786. The van der Waals surface area contributed by atoms with Crippen LogP contribution in [0, 0.1) is 0 Å². The SMILES string of the molecule is COc1cc(C=O)ccc1O[C@@H](C)C(=O)N1CCc2ccccc2C1. The number of amides is 1. The van der Waals surface area contributed by atoms with Crippen LogP contribution in [0.25, 0.3) is 0 Å². The van der Waals surface area contributed by atoms with E-state index in [1.807, 2.05) is 17.0 Å². The molecule has 0 unspecified atom stereocenters. The van der Waals surface area contributed by atoms with E-state index in [0.717, 1.165) is 12.7 Å². The standard InChI is InChI=1S/C20H21NO4/c1-14(25-18-8-7-15(13-22)11-19(18)24-2)20(23)21-10-9-16-5-3-4-6-17(16)12-21/h3-8,11,13-14H,9-10,12H2,1-2H3/t14-/m0/s1. The highest BCUT2D eigenvalue weighted by Crippen LogP contribution is 2.29. The Kier molecular flexibility index (Phi) is 5.03. The van der Waals surface area contributed by atoms with Crippen molar-refractivity contribution in [2.24, 2.45) is 0 Å². The van der Waals surface area contributed by atoms with Gasteiger partial charge in [0.15, 0.2) is 17.6 Å². The summed E-state index contributed by atoms with van der Waals surface area (Å²) < 4.78 is 11.1. The molecule has 0 N–H and O–H groups in total. The Morgan fingerprint density at radius 2 is 1.92 bits per heavy atom. The average Bonchev–Trinajstić information content (AvgIpc) is 2.67. The molecule has 25 heavy (non-hydrogen) atoms. The van der Waals surface area contributed by atoms with Gasteiger partial charge in [-0.15, -0.1) is 0 Å². The van der Waals surface area contributed by atoms with Crippen molar-refractivity contribution in [3.8, 4) is 11.5 Å². The summed E-state index contributed by atoms with van der Waals surface area (Å²) in [7, 11) is 1.50. The zero-order valence-corrected chi connectivity index (χ0v) is 14.4. The third kappa shape index (κ3) is 3.65. The van der Waals surface area contributed by atoms with Gasteiger partial charge in [-0.1, -0.05) is 24.3 Å². The number of aldehydes is 1. The molecule has 0 saturated heterocycles. The minimum absolute atomic E-state index is 0.0592. The first kappa shape index (κ1) is 17.0. The lowest BCUT2D eigenvalue weighted by Crippen LogP contribution is -2.43. The number of carbonyl (C=O) groups excluding carboxylic acids is 2. The van der Waals surface area contributed by atoms with Gasteiger partial charge in [-0.3, -0.25) is 9.59 Å². The number of fused-ring (bicyclic) bond motifs is 1. The van der Waals surface area contributed by atoms with Crippen molar-refractivity contribution in [1.29, 1.82) is 0 Å². The predicted octanol–water partition coefficient (Wildman–Crippen LogP) is 2.86. The van der Waals surface area contributed by atoms with Crippen LogP contribution in [0.2, 0.25) is 0 Å². The normalized spacial score (nSPS) is 14.4. The lowest BCUT2D eigenvalue weighted by molar-refractivity contribution is -0.138. The summed E-state index contributed by atoms with van der Waals surface area (Å²) in [5.74, 6) is 0.829. The van der Waals surface area contributed by atoms with Crippen molar-refractivity contribution in [2.45, 2.75) is 26.0 Å². The molecule has 1 atom stereocenters. The molecule has 5 nitrogen and oxygen atoms in total. The van der Waals surface area contributed by atoms with Gasteiger partial charge in [0, 0.05) is 18.7 Å². The molecule has 1 amide bonds. The molecule has 1 heterocycles. The molecule has 0 saturated carbocycles. The number of hydrogen-bond acceptors (Lipinski definition) is 4. The molecular weight excluding hydrogens is 318 g/mol. The molecule has 1 aliphatic rings. The lowest BCUT2D eigenvalue weighted by atomic mass is 9.99. The van der Waals surface area contributed by atoms with Gasteiger partial charge in [-0.05, 0) is 42.7 Å². The summed E-state index contributed by atoms with van der Waals surface area (Å²) in [4.78, 5) is 25.4. The maximum atomic E-state index is 12.7. The number of benzene rings is 2. The van der Waals surface area contributed by atoms with Crippen molar-refractivity contribution in [1.82, 2.24) is 4.90 Å². The smallest absolute Gasteiger partial charge is 0.263 e. The molecule has 5 heteroatoms. The summed E-state index contributed by atoms with van der Waals surface area (Å²) >= 11 is 0. The maximum absolute atomic E-state index is 12.7. The van der Waals surface area contributed by atoms with E-state index in [-0.39, 0.29) is 5.91 Å². The first-order chi connectivity index (χ1) is 12.1. The van der Waals surface area contributed by atoms with E-state index in [2.05, 4.69) is 12.1 Å². The van der Waals surface area contributed by atoms with Crippen molar-refractivity contribution in [2.75, 3.05) is 13.7 Å². The van der Waals surface area contributed by atoms with E-state index in [4.69, 9.17) is 9.47 Å². The molecule has 0 spiro atoms. The average molecular weight is 339 g/mol. The molecule has 0 fully saturated rings. The molecule has 0 aromatic heterocycles. The number of ether oxygens (including phenoxy) is 2. The topological polar surface area (TPSA) is 55.8 Å². The summed E-state index contributed by atoms with van der Waals surface area (Å²) in [6, 6.07) is 13.1. The molecule has 2 aromatic rings. The minimum Gasteiger partial charge on any atom is -0.493 e. The van der Waals surface area contributed by atoms with Gasteiger partial charge in [0.05, 0.1) is 7.11 Å². The van der Waals surface area contributed by atoms with Gasteiger partial charge >= 0.3 is 0 Å². The van der Waals surface area contributed by atoms with Gasteiger partial charge < -0.3 is 14.4 Å². The highest BCUT2D eigenvalue weighted by atomic mass is 16.5. The number of methoxy groups -OCH3 is 1. The van der Waals surface area contributed by atoms with Crippen LogP contribution >= 0.6 is 0 Å². The summed E-state index contributed by atoms with van der Waals surface area (Å²) in [6.07, 6.45) is 0.958. The zero-order valence-electron chi connectivity index (χ0n) is 14.4. The van der Waals surface area contributed by atoms with Crippen LogP contribution in [0.1, 0.15) is 28.4 Å². The predicted molar refractivity (Wildman–Crippen MR) is 94.0 cm³/mol.